The summed E-state index contributed by atoms with van der Waals surface area (Å²) in [6.07, 6.45) is 2.84. The number of carbonyl (C=O) groups is 3. The Balaban J connectivity index is 1.81. The van der Waals surface area contributed by atoms with Crippen LogP contribution in [-0.4, -0.2) is 28.3 Å². The second-order valence-electron chi connectivity index (χ2n) is 7.52. The molecule has 3 atom stereocenters. The number of hydrogen-bond acceptors (Lipinski definition) is 4. The lowest BCUT2D eigenvalue weighted by molar-refractivity contribution is -0.142. The molecule has 150 valence electrons. The summed E-state index contributed by atoms with van der Waals surface area (Å²) in [5.41, 5.74) is 7.62. The monoisotopic (exact) mass is 392 g/mol. The summed E-state index contributed by atoms with van der Waals surface area (Å²) in [6, 6.07) is 18.0. The van der Waals surface area contributed by atoms with Crippen molar-refractivity contribution in [1.29, 1.82) is 0 Å². The molecule has 0 bridgehead atoms. The van der Waals surface area contributed by atoms with Crippen molar-refractivity contribution in [1.82, 2.24) is 5.32 Å². The first kappa shape index (κ1) is 20.3. The van der Waals surface area contributed by atoms with Crippen LogP contribution in [0.1, 0.15) is 31.2 Å². The molecule has 29 heavy (non-hydrogen) atoms. The highest BCUT2D eigenvalue weighted by atomic mass is 16.4. The Morgan fingerprint density at radius 3 is 2.34 bits per heavy atom. The molecule has 0 saturated heterocycles. The van der Waals surface area contributed by atoms with Gasteiger partial charge in [0.05, 0.1) is 5.92 Å². The highest BCUT2D eigenvalue weighted by Crippen LogP contribution is 2.55. The number of carboxylic acid groups (broad SMARTS) is 1. The van der Waals surface area contributed by atoms with Crippen molar-refractivity contribution < 1.29 is 19.5 Å². The van der Waals surface area contributed by atoms with E-state index < -0.39 is 29.1 Å². The summed E-state index contributed by atoms with van der Waals surface area (Å²) >= 11 is 0. The van der Waals surface area contributed by atoms with Crippen LogP contribution in [-0.2, 0) is 14.4 Å². The summed E-state index contributed by atoms with van der Waals surface area (Å²) in [5, 5.41) is 12.1. The number of ketones is 1. The van der Waals surface area contributed by atoms with E-state index >= 15 is 0 Å². The van der Waals surface area contributed by atoms with Crippen LogP contribution < -0.4 is 11.1 Å². The third kappa shape index (κ3) is 4.54. The Hall–Kier alpha value is -3.41. The van der Waals surface area contributed by atoms with Crippen LogP contribution in [0.15, 0.2) is 66.9 Å². The second-order valence-corrected chi connectivity index (χ2v) is 7.52. The number of carbonyl (C=O) groups excluding carboxylic acids is 2. The van der Waals surface area contributed by atoms with Gasteiger partial charge in [-0.25, -0.2) is 0 Å². The number of benzene rings is 2. The molecular formula is C23H24N2O4. The quantitative estimate of drug-likeness (QED) is 0.473. The van der Waals surface area contributed by atoms with E-state index in [1.54, 1.807) is 6.92 Å². The number of amides is 1. The molecule has 0 heterocycles. The fraction of sp³-hybridized carbons (Fsp3) is 0.261. The molecule has 1 aliphatic rings. The van der Waals surface area contributed by atoms with Crippen LogP contribution in [0.2, 0.25) is 0 Å². The van der Waals surface area contributed by atoms with Crippen LogP contribution in [0.5, 0.6) is 0 Å². The van der Waals surface area contributed by atoms with E-state index in [4.69, 9.17) is 5.73 Å². The highest BCUT2D eigenvalue weighted by molar-refractivity contribution is 6.40. The summed E-state index contributed by atoms with van der Waals surface area (Å²) < 4.78 is 0. The third-order valence-electron chi connectivity index (χ3n) is 5.42. The minimum atomic E-state index is -0.933. The maximum atomic E-state index is 12.2. The van der Waals surface area contributed by atoms with E-state index in [0.29, 0.717) is 6.42 Å². The minimum absolute atomic E-state index is 0.0484. The zero-order valence-corrected chi connectivity index (χ0v) is 16.2. The smallest absolute Gasteiger partial charge is 0.306 e. The van der Waals surface area contributed by atoms with Crippen molar-refractivity contribution in [2.24, 2.45) is 11.7 Å². The molecule has 0 aromatic heterocycles. The first-order chi connectivity index (χ1) is 13.9. The van der Waals surface area contributed by atoms with E-state index in [2.05, 4.69) is 5.32 Å². The number of aliphatic carboxylic acids is 1. The molecule has 1 saturated carbocycles. The predicted octanol–water partition coefficient (Wildman–Crippen LogP) is 2.85. The van der Waals surface area contributed by atoms with Gasteiger partial charge in [-0.05, 0) is 35.7 Å². The zero-order valence-electron chi connectivity index (χ0n) is 16.2. The molecule has 6 nitrogen and oxygen atoms in total. The summed E-state index contributed by atoms with van der Waals surface area (Å²) in [7, 11) is 0. The average molecular weight is 392 g/mol. The van der Waals surface area contributed by atoms with Crippen molar-refractivity contribution in [3.05, 3.63) is 72.4 Å². The Morgan fingerprint density at radius 1 is 1.14 bits per heavy atom. The number of hydrogen-bond donors (Lipinski definition) is 3. The van der Waals surface area contributed by atoms with Crippen molar-refractivity contribution in [2.45, 2.75) is 31.2 Å². The van der Waals surface area contributed by atoms with Crippen LogP contribution in [0, 0.1) is 5.92 Å². The van der Waals surface area contributed by atoms with Gasteiger partial charge in [-0.2, -0.15) is 0 Å². The van der Waals surface area contributed by atoms with Gasteiger partial charge >= 0.3 is 5.97 Å². The lowest BCUT2D eigenvalue weighted by Gasteiger charge is -2.21. The van der Waals surface area contributed by atoms with Gasteiger partial charge in [0.15, 0.2) is 0 Å². The van der Waals surface area contributed by atoms with E-state index in [9.17, 15) is 19.5 Å². The molecular weight excluding hydrogens is 368 g/mol. The molecule has 3 rings (SSSR count). The zero-order chi connectivity index (χ0) is 21.0. The fourth-order valence-electron chi connectivity index (χ4n) is 3.78. The number of rotatable bonds is 8. The topological polar surface area (TPSA) is 109 Å². The molecule has 0 spiro atoms. The molecule has 1 aliphatic carbocycles. The van der Waals surface area contributed by atoms with Gasteiger partial charge in [0, 0.05) is 17.5 Å². The maximum absolute atomic E-state index is 12.2. The Bertz CT molecular complexity index is 937. The molecule has 0 radical (unpaired) electrons. The summed E-state index contributed by atoms with van der Waals surface area (Å²) in [6.45, 7) is 1.60. The molecule has 6 heteroatoms. The Kier molecular flexibility index (Phi) is 5.82. The number of nitrogens with one attached hydrogen (secondary N) is 1. The van der Waals surface area contributed by atoms with Crippen molar-refractivity contribution in [2.75, 3.05) is 0 Å². The third-order valence-corrected chi connectivity index (χ3v) is 5.42. The lowest BCUT2D eigenvalue weighted by Crippen LogP contribution is -2.43. The van der Waals surface area contributed by atoms with Gasteiger partial charge in [0.2, 0.25) is 5.78 Å². The van der Waals surface area contributed by atoms with Gasteiger partial charge in [0.1, 0.15) is 0 Å². The van der Waals surface area contributed by atoms with Crippen LogP contribution in [0.3, 0.4) is 0 Å². The van der Waals surface area contributed by atoms with Gasteiger partial charge in [-0.1, -0.05) is 61.5 Å². The Labute approximate surface area is 169 Å². The average Bonchev–Trinajstić information content (AvgIpc) is 3.42. The maximum Gasteiger partial charge on any atom is 0.306 e. The standard InChI is InChI=1S/C23H24N2O4/c1-15(22(28)29)13-23(25-21(27)20(26)11-12-24)14-19(23)18-9-7-17(8-10-18)16-5-3-2-4-6-16/h2-12,15,19H,13-14,24H2,1H3,(H,25,27)(H,28,29)/t15-,19+,23?/m1/s1. The van der Waals surface area contributed by atoms with Gasteiger partial charge in [-0.15, -0.1) is 0 Å². The van der Waals surface area contributed by atoms with E-state index in [1.807, 2.05) is 54.6 Å². The molecule has 1 unspecified atom stereocenters. The predicted molar refractivity (Wildman–Crippen MR) is 110 cm³/mol. The fourth-order valence-corrected chi connectivity index (χ4v) is 3.78. The Morgan fingerprint density at radius 2 is 1.76 bits per heavy atom. The van der Waals surface area contributed by atoms with E-state index in [1.165, 1.54) is 0 Å². The molecule has 1 amide bonds. The van der Waals surface area contributed by atoms with Crippen molar-refractivity contribution in [3.63, 3.8) is 0 Å². The molecule has 2 aromatic carbocycles. The van der Waals surface area contributed by atoms with Crippen molar-refractivity contribution in [3.8, 4) is 11.1 Å². The van der Waals surface area contributed by atoms with E-state index in [0.717, 1.165) is 29.0 Å². The number of nitrogens with two attached hydrogens (primary N) is 1. The molecule has 4 N–H and O–H groups in total. The summed E-state index contributed by atoms with van der Waals surface area (Å²) in [5.74, 6) is -3.15. The molecule has 1 fully saturated rings. The second kappa shape index (κ2) is 8.31. The first-order valence-corrected chi connectivity index (χ1v) is 9.49. The van der Waals surface area contributed by atoms with Gasteiger partial charge < -0.3 is 16.2 Å². The first-order valence-electron chi connectivity index (χ1n) is 9.49. The van der Waals surface area contributed by atoms with Gasteiger partial charge in [-0.3, -0.25) is 14.4 Å². The molecule has 0 aliphatic heterocycles. The van der Waals surface area contributed by atoms with Gasteiger partial charge in [0.25, 0.3) is 5.91 Å². The molecule has 2 aromatic rings. The number of carboxylic acids is 1. The highest BCUT2D eigenvalue weighted by Gasteiger charge is 2.57. The van der Waals surface area contributed by atoms with Crippen LogP contribution in [0.4, 0.5) is 0 Å². The van der Waals surface area contributed by atoms with E-state index in [-0.39, 0.29) is 12.3 Å². The summed E-state index contributed by atoms with van der Waals surface area (Å²) in [4.78, 5) is 35.4. The lowest BCUT2D eigenvalue weighted by atomic mass is 9.94. The van der Waals surface area contributed by atoms with Crippen LogP contribution >= 0.6 is 0 Å². The minimum Gasteiger partial charge on any atom is -0.481 e. The normalized spacial score (nSPS) is 21.5. The van der Waals surface area contributed by atoms with Crippen molar-refractivity contribution >= 4 is 17.7 Å². The largest absolute Gasteiger partial charge is 0.481 e. The van der Waals surface area contributed by atoms with Crippen LogP contribution in [0.25, 0.3) is 11.1 Å². The SMILES string of the molecule is C[C@H](CC1(NC(=O)C(=O)C=CN)C[C@H]1c1ccc(-c2ccccc2)cc1)C(=O)O.